The lowest BCUT2D eigenvalue weighted by molar-refractivity contribution is 0.0541. The number of ether oxygens (including phenoxy) is 1. The quantitative estimate of drug-likeness (QED) is 0.777. The molecule has 1 amide bonds. The minimum absolute atomic E-state index is 0.0370. The summed E-state index contributed by atoms with van der Waals surface area (Å²) in [5, 5.41) is 13.6. The summed E-state index contributed by atoms with van der Waals surface area (Å²) in [5.41, 5.74) is 0.547. The van der Waals surface area contributed by atoms with Crippen LogP contribution in [0.2, 0.25) is 0 Å². The maximum Gasteiger partial charge on any atom is 0.260 e. The maximum absolute atomic E-state index is 12.4. The van der Waals surface area contributed by atoms with Crippen molar-refractivity contribution in [2.45, 2.75) is 31.9 Å². The summed E-state index contributed by atoms with van der Waals surface area (Å²) >= 11 is 0. The van der Waals surface area contributed by atoms with Gasteiger partial charge in [-0.05, 0) is 12.8 Å². The van der Waals surface area contributed by atoms with Gasteiger partial charge in [-0.25, -0.2) is 4.68 Å². The van der Waals surface area contributed by atoms with E-state index in [9.17, 15) is 9.90 Å². The van der Waals surface area contributed by atoms with E-state index < -0.39 is 0 Å². The zero-order valence-corrected chi connectivity index (χ0v) is 10.2. The Balaban J connectivity index is 1.78. The Morgan fingerprint density at radius 1 is 1.39 bits per heavy atom. The van der Waals surface area contributed by atoms with Crippen LogP contribution in [0.4, 0.5) is 0 Å². The summed E-state index contributed by atoms with van der Waals surface area (Å²) in [6.07, 6.45) is 3.55. The number of aromatic nitrogens is 2. The average Bonchev–Trinajstić information content (AvgIpc) is 2.82. The number of hydrogen-bond donors (Lipinski definition) is 1. The van der Waals surface area contributed by atoms with Crippen molar-refractivity contribution >= 4 is 5.91 Å². The number of likely N-dealkylation sites (tertiary alicyclic amines) is 1. The fraction of sp³-hybridized carbons (Fsp3) is 0.667. The van der Waals surface area contributed by atoms with Crippen molar-refractivity contribution in [3.8, 4) is 5.88 Å². The molecule has 2 aliphatic rings. The predicted molar refractivity (Wildman–Crippen MR) is 63.5 cm³/mol. The van der Waals surface area contributed by atoms with Gasteiger partial charge in [-0.1, -0.05) is 0 Å². The number of nitrogens with zero attached hydrogens (tertiary/aromatic N) is 3. The highest BCUT2D eigenvalue weighted by Gasteiger charge is 2.28. The number of fused-ring (bicyclic) bond motifs is 1. The van der Waals surface area contributed by atoms with Gasteiger partial charge in [0.05, 0.1) is 18.9 Å². The molecule has 0 spiro atoms. The van der Waals surface area contributed by atoms with Crippen molar-refractivity contribution in [2.75, 3.05) is 19.7 Å². The molecular formula is C12H17N3O3. The monoisotopic (exact) mass is 251 g/mol. The summed E-state index contributed by atoms with van der Waals surface area (Å²) in [6.45, 7) is 2.65. The molecule has 98 valence electrons. The Morgan fingerprint density at radius 2 is 2.17 bits per heavy atom. The van der Waals surface area contributed by atoms with Gasteiger partial charge in [0.1, 0.15) is 5.56 Å². The van der Waals surface area contributed by atoms with Crippen LogP contribution in [0.5, 0.6) is 5.88 Å². The lowest BCUT2D eigenvalue weighted by atomic mass is 10.1. The van der Waals surface area contributed by atoms with Gasteiger partial charge >= 0.3 is 0 Å². The molecule has 0 aliphatic carbocycles. The third kappa shape index (κ3) is 1.96. The smallest absolute Gasteiger partial charge is 0.260 e. The Bertz CT molecular complexity index is 449. The molecule has 2 aliphatic heterocycles. The number of aliphatic hydroxyl groups is 1. The van der Waals surface area contributed by atoms with E-state index in [-0.39, 0.29) is 12.0 Å². The highest BCUT2D eigenvalue weighted by molar-refractivity contribution is 5.96. The van der Waals surface area contributed by atoms with Gasteiger partial charge in [-0.2, -0.15) is 5.10 Å². The van der Waals surface area contributed by atoms with E-state index in [2.05, 4.69) is 5.10 Å². The number of aliphatic hydroxyl groups excluding tert-OH is 1. The molecule has 6 nitrogen and oxygen atoms in total. The number of carbonyl (C=O) groups excluding carboxylic acids is 1. The Hall–Kier alpha value is -1.56. The molecule has 1 fully saturated rings. The Labute approximate surface area is 105 Å². The third-order valence-electron chi connectivity index (χ3n) is 3.53. The first kappa shape index (κ1) is 11.5. The van der Waals surface area contributed by atoms with Crippen LogP contribution >= 0.6 is 0 Å². The van der Waals surface area contributed by atoms with Crippen LogP contribution in [0.1, 0.15) is 29.6 Å². The van der Waals surface area contributed by atoms with Crippen molar-refractivity contribution in [1.82, 2.24) is 14.7 Å². The third-order valence-corrected chi connectivity index (χ3v) is 3.53. The van der Waals surface area contributed by atoms with E-state index in [1.165, 1.54) is 0 Å². The highest BCUT2D eigenvalue weighted by Crippen LogP contribution is 2.24. The van der Waals surface area contributed by atoms with Crippen LogP contribution in [-0.4, -0.2) is 51.5 Å². The van der Waals surface area contributed by atoms with E-state index in [0.717, 1.165) is 13.0 Å². The number of aryl methyl sites for hydroxylation is 1. The van der Waals surface area contributed by atoms with E-state index in [0.29, 0.717) is 44.0 Å². The van der Waals surface area contributed by atoms with E-state index in [4.69, 9.17) is 4.74 Å². The molecular weight excluding hydrogens is 234 g/mol. The second-order valence-electron chi connectivity index (χ2n) is 4.81. The van der Waals surface area contributed by atoms with Crippen LogP contribution in [0.25, 0.3) is 0 Å². The van der Waals surface area contributed by atoms with E-state index >= 15 is 0 Å². The number of piperidine rings is 1. The molecule has 3 rings (SSSR count). The number of hydrogen-bond acceptors (Lipinski definition) is 4. The Morgan fingerprint density at radius 3 is 2.94 bits per heavy atom. The van der Waals surface area contributed by atoms with Crippen molar-refractivity contribution in [3.63, 3.8) is 0 Å². The predicted octanol–water partition coefficient (Wildman–Crippen LogP) is 0.262. The second-order valence-corrected chi connectivity index (χ2v) is 4.81. The van der Waals surface area contributed by atoms with Gasteiger partial charge in [0.15, 0.2) is 0 Å². The van der Waals surface area contributed by atoms with Gasteiger partial charge in [0.2, 0.25) is 5.88 Å². The summed E-state index contributed by atoms with van der Waals surface area (Å²) < 4.78 is 7.28. The van der Waals surface area contributed by atoms with Gasteiger partial charge < -0.3 is 14.7 Å². The lowest BCUT2D eigenvalue weighted by Gasteiger charge is -2.29. The number of carbonyl (C=O) groups is 1. The molecule has 18 heavy (non-hydrogen) atoms. The fourth-order valence-electron chi connectivity index (χ4n) is 2.45. The van der Waals surface area contributed by atoms with Gasteiger partial charge in [-0.15, -0.1) is 0 Å². The minimum Gasteiger partial charge on any atom is -0.477 e. The molecule has 0 unspecified atom stereocenters. The molecule has 1 N–H and O–H groups in total. The molecule has 1 saturated heterocycles. The van der Waals surface area contributed by atoms with E-state index in [1.54, 1.807) is 15.8 Å². The van der Waals surface area contributed by atoms with Crippen LogP contribution < -0.4 is 4.74 Å². The lowest BCUT2D eigenvalue weighted by Crippen LogP contribution is -2.40. The minimum atomic E-state index is -0.272. The van der Waals surface area contributed by atoms with Crippen LogP contribution in [0, 0.1) is 0 Å². The normalized spacial score (nSPS) is 20.4. The van der Waals surface area contributed by atoms with Crippen LogP contribution in [0.3, 0.4) is 0 Å². The van der Waals surface area contributed by atoms with Crippen molar-refractivity contribution in [2.24, 2.45) is 0 Å². The fourth-order valence-corrected chi connectivity index (χ4v) is 2.45. The van der Waals surface area contributed by atoms with Gasteiger partial charge in [-0.3, -0.25) is 4.79 Å². The summed E-state index contributed by atoms with van der Waals surface area (Å²) in [6, 6.07) is 0. The summed E-state index contributed by atoms with van der Waals surface area (Å²) in [7, 11) is 0. The Kier molecular flexibility index (Phi) is 2.95. The largest absolute Gasteiger partial charge is 0.477 e. The molecule has 0 saturated carbocycles. The first-order valence-electron chi connectivity index (χ1n) is 6.41. The molecule has 0 aromatic carbocycles. The van der Waals surface area contributed by atoms with Crippen LogP contribution in [-0.2, 0) is 6.54 Å². The van der Waals surface area contributed by atoms with Gasteiger partial charge in [0.25, 0.3) is 5.91 Å². The highest BCUT2D eigenvalue weighted by atomic mass is 16.5. The average molecular weight is 251 g/mol. The molecule has 1 aromatic heterocycles. The molecule has 3 heterocycles. The first-order chi connectivity index (χ1) is 8.75. The van der Waals surface area contributed by atoms with Crippen molar-refractivity contribution in [3.05, 3.63) is 11.8 Å². The molecule has 0 atom stereocenters. The molecule has 6 heteroatoms. The topological polar surface area (TPSA) is 67.6 Å². The van der Waals surface area contributed by atoms with E-state index in [1.807, 2.05) is 0 Å². The number of rotatable bonds is 1. The maximum atomic E-state index is 12.4. The molecule has 0 radical (unpaired) electrons. The molecule has 0 bridgehead atoms. The van der Waals surface area contributed by atoms with Gasteiger partial charge in [0, 0.05) is 26.1 Å². The summed E-state index contributed by atoms with van der Waals surface area (Å²) in [5.74, 6) is 0.558. The zero-order valence-electron chi connectivity index (χ0n) is 10.2. The molecule has 1 aromatic rings. The SMILES string of the molecule is O=C(c1cnn2c1OCCC2)N1CCC(O)CC1. The van der Waals surface area contributed by atoms with Crippen molar-refractivity contribution in [1.29, 1.82) is 0 Å². The zero-order chi connectivity index (χ0) is 12.5. The van der Waals surface area contributed by atoms with Crippen molar-refractivity contribution < 1.29 is 14.6 Å². The first-order valence-corrected chi connectivity index (χ1v) is 6.41. The number of amides is 1. The summed E-state index contributed by atoms with van der Waals surface area (Å²) in [4.78, 5) is 14.1. The second kappa shape index (κ2) is 4.61. The van der Waals surface area contributed by atoms with Crippen LogP contribution in [0.15, 0.2) is 6.20 Å². The standard InChI is InChI=1S/C12H17N3O3/c16-9-2-5-14(6-3-9)11(17)10-8-13-15-4-1-7-18-12(10)15/h8-9,16H,1-7H2.